The Hall–Kier alpha value is -4.11. The molecule has 9 heteroatoms. The van der Waals surface area contributed by atoms with Crippen LogP contribution >= 0.6 is 11.7 Å². The van der Waals surface area contributed by atoms with Crippen molar-refractivity contribution in [1.82, 2.24) is 13.3 Å². The molecule has 5 aromatic rings. The maximum Gasteiger partial charge on any atom is 0.515 e. The molecule has 0 atom stereocenters. The first-order valence-corrected chi connectivity index (χ1v) is 13.0. The molecule has 6 rings (SSSR count). The molecule has 0 aliphatic carbocycles. The molecule has 1 aliphatic rings. The smallest absolute Gasteiger partial charge is 0.494 e. The van der Waals surface area contributed by atoms with Crippen LogP contribution in [-0.2, 0) is 17.7 Å². The minimum atomic E-state index is -0.749. The minimum Gasteiger partial charge on any atom is -0.494 e. The SMILES string of the molecule is CCOC(=O)Oc1c(-c2ccc3c(c2)CCO3)c2cc(OCC)ccc2n1Cc1ccc2nsnc2c1. The van der Waals surface area contributed by atoms with Gasteiger partial charge in [0.25, 0.3) is 0 Å². The number of benzene rings is 3. The maximum absolute atomic E-state index is 12.7. The van der Waals surface area contributed by atoms with Crippen LogP contribution in [0.25, 0.3) is 33.1 Å². The van der Waals surface area contributed by atoms with E-state index in [1.54, 1.807) is 6.92 Å². The molecule has 188 valence electrons. The molecule has 0 fully saturated rings. The Bertz CT molecular complexity index is 1620. The van der Waals surface area contributed by atoms with Crippen molar-refractivity contribution in [2.45, 2.75) is 26.8 Å². The highest BCUT2D eigenvalue weighted by molar-refractivity contribution is 7.00. The second-order valence-corrected chi connectivity index (χ2v) is 9.20. The van der Waals surface area contributed by atoms with Gasteiger partial charge in [0.2, 0.25) is 5.88 Å². The molecule has 37 heavy (non-hydrogen) atoms. The molecule has 3 heterocycles. The van der Waals surface area contributed by atoms with Crippen molar-refractivity contribution in [2.75, 3.05) is 19.8 Å². The van der Waals surface area contributed by atoms with Crippen LogP contribution < -0.4 is 14.2 Å². The molecule has 0 unspecified atom stereocenters. The van der Waals surface area contributed by atoms with Crippen LogP contribution in [0.1, 0.15) is 25.0 Å². The summed E-state index contributed by atoms with van der Waals surface area (Å²) >= 11 is 1.19. The maximum atomic E-state index is 12.7. The summed E-state index contributed by atoms with van der Waals surface area (Å²) < 4.78 is 33.4. The third-order valence-corrected chi connectivity index (χ3v) is 6.93. The number of hydrogen-bond donors (Lipinski definition) is 0. The lowest BCUT2D eigenvalue weighted by molar-refractivity contribution is 0.101. The van der Waals surface area contributed by atoms with E-state index in [1.165, 1.54) is 11.7 Å². The van der Waals surface area contributed by atoms with Crippen molar-refractivity contribution in [3.05, 3.63) is 65.7 Å². The zero-order chi connectivity index (χ0) is 25.4. The normalized spacial score (nSPS) is 12.5. The summed E-state index contributed by atoms with van der Waals surface area (Å²) in [6.07, 6.45) is 0.0865. The van der Waals surface area contributed by atoms with E-state index in [2.05, 4.69) is 14.8 Å². The van der Waals surface area contributed by atoms with Crippen LogP contribution in [0.5, 0.6) is 17.4 Å². The van der Waals surface area contributed by atoms with Crippen molar-refractivity contribution in [3.8, 4) is 28.5 Å². The molecule has 0 spiro atoms. The van der Waals surface area contributed by atoms with Crippen molar-refractivity contribution in [3.63, 3.8) is 0 Å². The summed E-state index contributed by atoms with van der Waals surface area (Å²) in [5, 5.41) is 0.917. The Labute approximate surface area is 217 Å². The minimum absolute atomic E-state index is 0.215. The van der Waals surface area contributed by atoms with Crippen molar-refractivity contribution in [1.29, 1.82) is 0 Å². The lowest BCUT2D eigenvalue weighted by Gasteiger charge is -2.13. The molecule has 0 saturated heterocycles. The number of carbonyl (C=O) groups excluding carboxylic acids is 1. The van der Waals surface area contributed by atoms with Gasteiger partial charge in [-0.15, -0.1) is 0 Å². The number of ether oxygens (including phenoxy) is 4. The summed E-state index contributed by atoms with van der Waals surface area (Å²) in [7, 11) is 0. The Balaban J connectivity index is 1.57. The van der Waals surface area contributed by atoms with Gasteiger partial charge < -0.3 is 23.5 Å². The van der Waals surface area contributed by atoms with E-state index in [0.717, 1.165) is 62.1 Å². The fraction of sp³-hybridized carbons (Fsp3) is 0.250. The third kappa shape index (κ3) is 4.35. The predicted molar refractivity (Wildman–Crippen MR) is 142 cm³/mol. The fourth-order valence-corrected chi connectivity index (χ4v) is 5.30. The molecule has 0 saturated carbocycles. The highest BCUT2D eigenvalue weighted by Crippen LogP contribution is 2.44. The Morgan fingerprint density at radius 2 is 1.92 bits per heavy atom. The highest BCUT2D eigenvalue weighted by atomic mass is 32.1. The number of nitrogens with zero attached hydrogens (tertiary/aromatic N) is 3. The topological polar surface area (TPSA) is 84.7 Å². The summed E-state index contributed by atoms with van der Waals surface area (Å²) in [6, 6.07) is 18.0. The summed E-state index contributed by atoms with van der Waals surface area (Å²) in [4.78, 5) is 12.7. The monoisotopic (exact) mass is 515 g/mol. The van der Waals surface area contributed by atoms with Crippen LogP contribution in [0.3, 0.4) is 0 Å². The highest BCUT2D eigenvalue weighted by Gasteiger charge is 2.25. The Kier molecular flexibility index (Phi) is 6.13. The molecule has 0 bridgehead atoms. The van der Waals surface area contributed by atoms with Crippen molar-refractivity contribution in [2.24, 2.45) is 0 Å². The van der Waals surface area contributed by atoms with E-state index in [9.17, 15) is 4.79 Å². The van der Waals surface area contributed by atoms with Gasteiger partial charge in [-0.25, -0.2) is 4.79 Å². The van der Waals surface area contributed by atoms with Gasteiger partial charge >= 0.3 is 6.16 Å². The molecule has 0 N–H and O–H groups in total. The Morgan fingerprint density at radius 1 is 1.03 bits per heavy atom. The summed E-state index contributed by atoms with van der Waals surface area (Å²) in [6.45, 7) is 5.59. The van der Waals surface area contributed by atoms with E-state index in [4.69, 9.17) is 18.9 Å². The third-order valence-electron chi connectivity index (χ3n) is 6.38. The van der Waals surface area contributed by atoms with Gasteiger partial charge in [-0.3, -0.25) is 0 Å². The van der Waals surface area contributed by atoms with Crippen LogP contribution in [0.2, 0.25) is 0 Å². The fourth-order valence-electron chi connectivity index (χ4n) is 4.79. The molecule has 0 amide bonds. The van der Waals surface area contributed by atoms with E-state index in [-0.39, 0.29) is 6.61 Å². The summed E-state index contributed by atoms with van der Waals surface area (Å²) in [5.41, 5.74) is 6.47. The first-order valence-electron chi connectivity index (χ1n) is 12.3. The van der Waals surface area contributed by atoms with Crippen molar-refractivity contribution >= 4 is 39.8 Å². The van der Waals surface area contributed by atoms with Gasteiger partial charge in [-0.05, 0) is 73.0 Å². The second-order valence-electron chi connectivity index (χ2n) is 8.67. The average Bonchev–Trinajstić information content (AvgIpc) is 3.62. The number of carbonyl (C=O) groups is 1. The average molecular weight is 516 g/mol. The number of fused-ring (bicyclic) bond motifs is 3. The predicted octanol–water partition coefficient (Wildman–Crippen LogP) is 6.23. The second kappa shape index (κ2) is 9.74. The van der Waals surface area contributed by atoms with Gasteiger partial charge in [0.1, 0.15) is 22.5 Å². The summed E-state index contributed by atoms with van der Waals surface area (Å²) in [5.74, 6) is 2.05. The van der Waals surface area contributed by atoms with Gasteiger partial charge in [0.15, 0.2) is 0 Å². The van der Waals surface area contributed by atoms with E-state index < -0.39 is 6.16 Å². The number of hydrogen-bond acceptors (Lipinski definition) is 8. The molecule has 1 aliphatic heterocycles. The molecule has 2 aromatic heterocycles. The molecule has 0 radical (unpaired) electrons. The van der Waals surface area contributed by atoms with Gasteiger partial charge in [0, 0.05) is 11.8 Å². The van der Waals surface area contributed by atoms with E-state index in [0.29, 0.717) is 25.6 Å². The van der Waals surface area contributed by atoms with Gasteiger partial charge in [0.05, 0.1) is 49.2 Å². The zero-order valence-corrected chi connectivity index (χ0v) is 21.3. The van der Waals surface area contributed by atoms with Crippen LogP contribution in [0.4, 0.5) is 4.79 Å². The van der Waals surface area contributed by atoms with Crippen LogP contribution in [-0.4, -0.2) is 39.3 Å². The Morgan fingerprint density at radius 3 is 2.78 bits per heavy atom. The van der Waals surface area contributed by atoms with E-state index >= 15 is 0 Å². The van der Waals surface area contributed by atoms with Crippen LogP contribution in [0.15, 0.2) is 54.6 Å². The lowest BCUT2D eigenvalue weighted by atomic mass is 10.0. The molecular formula is C28H25N3O5S. The number of rotatable bonds is 7. The largest absolute Gasteiger partial charge is 0.515 e. The molecule has 3 aromatic carbocycles. The van der Waals surface area contributed by atoms with Crippen LogP contribution in [0, 0.1) is 0 Å². The lowest BCUT2D eigenvalue weighted by Crippen LogP contribution is -2.14. The molecular weight excluding hydrogens is 490 g/mol. The van der Waals surface area contributed by atoms with E-state index in [1.807, 2.05) is 60.0 Å². The van der Waals surface area contributed by atoms with Crippen molar-refractivity contribution < 1.29 is 23.7 Å². The standard InChI is InChI=1S/C28H25N3O5S/c1-3-33-20-7-9-24-21(15-20)26(19-6-10-25-18(14-19)11-12-35-25)27(36-28(32)34-4-2)31(24)16-17-5-8-22-23(13-17)30-37-29-22/h5-10,13-15H,3-4,11-12,16H2,1-2H3. The van der Waals surface area contributed by atoms with Gasteiger partial charge in [-0.1, -0.05) is 12.1 Å². The first-order chi connectivity index (χ1) is 18.1. The zero-order valence-electron chi connectivity index (χ0n) is 20.5. The van der Waals surface area contributed by atoms with Gasteiger partial charge in [-0.2, -0.15) is 8.75 Å². The first kappa shape index (κ1) is 23.3. The molecule has 8 nitrogen and oxygen atoms in total. The quantitative estimate of drug-likeness (QED) is 0.238. The number of aromatic nitrogens is 3.